The molecule has 0 amide bonds. The van der Waals surface area contributed by atoms with E-state index in [1.54, 1.807) is 11.3 Å². The SMILES string of the molecule is Cc1cc2c(NC3CCS(=O)CC3)nc(Cl)nc2s1. The number of fused-ring (bicyclic) bond motifs is 1. The molecule has 0 aliphatic carbocycles. The third kappa shape index (κ3) is 2.90. The van der Waals surface area contributed by atoms with Gasteiger partial charge in [-0.15, -0.1) is 11.3 Å². The molecule has 7 heteroatoms. The first-order valence-electron chi connectivity index (χ1n) is 6.17. The third-order valence-electron chi connectivity index (χ3n) is 3.22. The Balaban J connectivity index is 1.89. The van der Waals surface area contributed by atoms with Gasteiger partial charge in [0, 0.05) is 33.2 Å². The highest BCUT2D eigenvalue weighted by Crippen LogP contribution is 2.30. The van der Waals surface area contributed by atoms with Crippen LogP contribution in [0.3, 0.4) is 0 Å². The number of aromatic nitrogens is 2. The van der Waals surface area contributed by atoms with E-state index >= 15 is 0 Å². The Morgan fingerprint density at radius 2 is 2.16 bits per heavy atom. The van der Waals surface area contributed by atoms with Crippen LogP contribution >= 0.6 is 22.9 Å². The molecule has 0 spiro atoms. The first kappa shape index (κ1) is 13.3. The highest BCUT2D eigenvalue weighted by Gasteiger charge is 2.19. The molecule has 3 heterocycles. The minimum Gasteiger partial charge on any atom is -0.367 e. The Labute approximate surface area is 123 Å². The van der Waals surface area contributed by atoms with Crippen molar-refractivity contribution in [2.24, 2.45) is 0 Å². The quantitative estimate of drug-likeness (QED) is 0.866. The molecule has 3 rings (SSSR count). The van der Waals surface area contributed by atoms with E-state index in [4.69, 9.17) is 11.6 Å². The van der Waals surface area contributed by atoms with E-state index in [0.717, 1.165) is 40.4 Å². The lowest BCUT2D eigenvalue weighted by Crippen LogP contribution is -2.29. The number of rotatable bonds is 2. The van der Waals surface area contributed by atoms with Gasteiger partial charge in [-0.1, -0.05) is 0 Å². The molecule has 102 valence electrons. The smallest absolute Gasteiger partial charge is 0.225 e. The second kappa shape index (κ2) is 5.34. The van der Waals surface area contributed by atoms with Gasteiger partial charge < -0.3 is 5.32 Å². The highest BCUT2D eigenvalue weighted by atomic mass is 35.5. The van der Waals surface area contributed by atoms with Crippen LogP contribution in [0.2, 0.25) is 5.28 Å². The van der Waals surface area contributed by atoms with Crippen LogP contribution in [0.5, 0.6) is 0 Å². The monoisotopic (exact) mass is 315 g/mol. The minimum absolute atomic E-state index is 0.274. The molecule has 0 radical (unpaired) electrons. The van der Waals surface area contributed by atoms with E-state index in [1.807, 2.05) is 6.92 Å². The number of anilines is 1. The van der Waals surface area contributed by atoms with Crippen LogP contribution in [-0.4, -0.2) is 31.7 Å². The van der Waals surface area contributed by atoms with Crippen molar-refractivity contribution in [3.8, 4) is 0 Å². The van der Waals surface area contributed by atoms with Gasteiger partial charge in [0.05, 0.1) is 5.39 Å². The lowest BCUT2D eigenvalue weighted by Gasteiger charge is -2.23. The standard InChI is InChI=1S/C12H14ClN3OS2/c1-7-6-9-10(15-12(13)16-11(9)18-7)14-8-2-4-19(17)5-3-8/h6,8H,2-5H2,1H3,(H,14,15,16). The van der Waals surface area contributed by atoms with Gasteiger partial charge in [-0.3, -0.25) is 4.21 Å². The number of aryl methyl sites for hydroxylation is 1. The summed E-state index contributed by atoms with van der Waals surface area (Å²) in [6.07, 6.45) is 1.83. The minimum atomic E-state index is -0.643. The topological polar surface area (TPSA) is 54.9 Å². The van der Waals surface area contributed by atoms with Crippen molar-refractivity contribution < 1.29 is 4.21 Å². The predicted octanol–water partition coefficient (Wildman–Crippen LogP) is 2.98. The fourth-order valence-corrected chi connectivity index (χ4v) is 4.65. The Morgan fingerprint density at radius 1 is 1.42 bits per heavy atom. The van der Waals surface area contributed by atoms with Gasteiger partial charge in [-0.05, 0) is 37.4 Å². The Bertz CT molecular complexity index is 633. The number of hydrogen-bond acceptors (Lipinski definition) is 5. The summed E-state index contributed by atoms with van der Waals surface area (Å²) in [5, 5.41) is 4.74. The fraction of sp³-hybridized carbons (Fsp3) is 0.500. The zero-order valence-electron chi connectivity index (χ0n) is 10.5. The lowest BCUT2D eigenvalue weighted by atomic mass is 10.1. The first-order valence-corrected chi connectivity index (χ1v) is 8.85. The van der Waals surface area contributed by atoms with E-state index < -0.39 is 10.8 Å². The summed E-state index contributed by atoms with van der Waals surface area (Å²) in [7, 11) is -0.643. The van der Waals surface area contributed by atoms with Crippen LogP contribution in [0, 0.1) is 6.92 Å². The van der Waals surface area contributed by atoms with Gasteiger partial charge in [0.15, 0.2) is 0 Å². The van der Waals surface area contributed by atoms with E-state index in [0.29, 0.717) is 6.04 Å². The van der Waals surface area contributed by atoms with Crippen LogP contribution in [0.1, 0.15) is 17.7 Å². The summed E-state index contributed by atoms with van der Waals surface area (Å²) < 4.78 is 11.4. The molecule has 1 aliphatic heterocycles. The second-order valence-corrected chi connectivity index (χ2v) is 7.95. The first-order chi connectivity index (χ1) is 9.11. The van der Waals surface area contributed by atoms with Crippen molar-refractivity contribution >= 4 is 49.8 Å². The van der Waals surface area contributed by atoms with Gasteiger partial charge in [-0.2, -0.15) is 0 Å². The number of halogens is 1. The van der Waals surface area contributed by atoms with Gasteiger partial charge in [0.2, 0.25) is 5.28 Å². The van der Waals surface area contributed by atoms with Crippen molar-refractivity contribution in [1.82, 2.24) is 9.97 Å². The molecule has 1 aliphatic rings. The molecule has 0 aromatic carbocycles. The predicted molar refractivity (Wildman–Crippen MR) is 81.7 cm³/mol. The zero-order valence-corrected chi connectivity index (χ0v) is 12.9. The molecule has 2 aromatic heterocycles. The van der Waals surface area contributed by atoms with E-state index in [2.05, 4.69) is 21.4 Å². The molecule has 0 atom stereocenters. The van der Waals surface area contributed by atoms with Crippen LogP contribution in [-0.2, 0) is 10.8 Å². The third-order valence-corrected chi connectivity index (χ3v) is 5.71. The van der Waals surface area contributed by atoms with Crippen molar-refractivity contribution in [1.29, 1.82) is 0 Å². The number of nitrogens with zero attached hydrogens (tertiary/aromatic N) is 2. The second-order valence-electron chi connectivity index (χ2n) is 4.68. The molecule has 19 heavy (non-hydrogen) atoms. The summed E-state index contributed by atoms with van der Waals surface area (Å²) in [4.78, 5) is 10.7. The largest absolute Gasteiger partial charge is 0.367 e. The van der Waals surface area contributed by atoms with E-state index in [-0.39, 0.29) is 5.28 Å². The van der Waals surface area contributed by atoms with E-state index in [9.17, 15) is 4.21 Å². The summed E-state index contributed by atoms with van der Waals surface area (Å²) in [5.74, 6) is 2.34. The maximum absolute atomic E-state index is 11.4. The molecule has 1 saturated heterocycles. The summed E-state index contributed by atoms with van der Waals surface area (Å²) in [6, 6.07) is 2.41. The lowest BCUT2D eigenvalue weighted by molar-refractivity contribution is 0.623. The van der Waals surface area contributed by atoms with Gasteiger partial charge >= 0.3 is 0 Å². The molecule has 1 N–H and O–H groups in total. The van der Waals surface area contributed by atoms with E-state index in [1.165, 1.54) is 4.88 Å². The molecule has 4 nitrogen and oxygen atoms in total. The molecular weight excluding hydrogens is 302 g/mol. The van der Waals surface area contributed by atoms with Crippen LogP contribution in [0.25, 0.3) is 10.2 Å². The average molecular weight is 316 g/mol. The number of hydrogen-bond donors (Lipinski definition) is 1. The summed E-state index contributed by atoms with van der Waals surface area (Å²) >= 11 is 7.59. The molecular formula is C12H14ClN3OS2. The van der Waals surface area contributed by atoms with Crippen LogP contribution in [0.15, 0.2) is 6.07 Å². The summed E-state index contributed by atoms with van der Waals surface area (Å²) in [5.41, 5.74) is 0. The molecule has 1 fully saturated rings. The number of nitrogens with one attached hydrogen (secondary N) is 1. The molecule has 0 unspecified atom stereocenters. The van der Waals surface area contributed by atoms with Gasteiger partial charge in [0.1, 0.15) is 10.6 Å². The van der Waals surface area contributed by atoms with Crippen LogP contribution in [0.4, 0.5) is 5.82 Å². The highest BCUT2D eigenvalue weighted by molar-refractivity contribution is 7.85. The van der Waals surface area contributed by atoms with Gasteiger partial charge in [0.25, 0.3) is 0 Å². The molecule has 0 bridgehead atoms. The maximum atomic E-state index is 11.4. The van der Waals surface area contributed by atoms with Crippen LogP contribution < -0.4 is 5.32 Å². The summed E-state index contributed by atoms with van der Waals surface area (Å²) in [6.45, 7) is 2.05. The molecule has 0 saturated carbocycles. The van der Waals surface area contributed by atoms with Crippen molar-refractivity contribution in [2.45, 2.75) is 25.8 Å². The molecule has 2 aromatic rings. The van der Waals surface area contributed by atoms with Crippen molar-refractivity contribution in [2.75, 3.05) is 16.8 Å². The van der Waals surface area contributed by atoms with Gasteiger partial charge in [-0.25, -0.2) is 9.97 Å². The Morgan fingerprint density at radius 3 is 2.89 bits per heavy atom. The van der Waals surface area contributed by atoms with Crippen molar-refractivity contribution in [3.05, 3.63) is 16.2 Å². The zero-order chi connectivity index (χ0) is 13.4. The average Bonchev–Trinajstić information content (AvgIpc) is 2.72. The Kier molecular flexibility index (Phi) is 3.73. The number of thiophene rings is 1. The van der Waals surface area contributed by atoms with Crippen molar-refractivity contribution in [3.63, 3.8) is 0 Å². The maximum Gasteiger partial charge on any atom is 0.225 e. The Hall–Kier alpha value is -0.720. The fourth-order valence-electron chi connectivity index (χ4n) is 2.26. The normalized spacial score (nSPS) is 23.7.